The van der Waals surface area contributed by atoms with E-state index in [1.807, 2.05) is 6.33 Å². The standard InChI is InChI=1S/C8H14N4/c1-7-3-11(2)5-8-10-9-6-12(8)4-7/h6-7H,3-5H2,1-2H3. The highest BCUT2D eigenvalue weighted by Gasteiger charge is 2.16. The summed E-state index contributed by atoms with van der Waals surface area (Å²) in [7, 11) is 2.13. The maximum absolute atomic E-state index is 4.07. The average Bonchev–Trinajstić information content (AvgIpc) is 2.31. The molecule has 1 aromatic rings. The van der Waals surface area contributed by atoms with Crippen LogP contribution in [-0.2, 0) is 13.1 Å². The van der Waals surface area contributed by atoms with Crippen LogP contribution in [-0.4, -0.2) is 33.3 Å². The van der Waals surface area contributed by atoms with Gasteiger partial charge in [0, 0.05) is 13.1 Å². The second kappa shape index (κ2) is 2.86. The van der Waals surface area contributed by atoms with Crippen molar-refractivity contribution in [2.45, 2.75) is 20.0 Å². The summed E-state index contributed by atoms with van der Waals surface area (Å²) in [6.45, 7) is 5.37. The largest absolute Gasteiger partial charge is 0.316 e. The molecule has 0 radical (unpaired) electrons. The van der Waals surface area contributed by atoms with Gasteiger partial charge >= 0.3 is 0 Å². The van der Waals surface area contributed by atoms with Gasteiger partial charge in [-0.1, -0.05) is 6.92 Å². The van der Waals surface area contributed by atoms with Crippen molar-refractivity contribution in [2.75, 3.05) is 13.6 Å². The number of aromatic nitrogens is 3. The molecule has 0 N–H and O–H groups in total. The molecule has 1 aliphatic rings. The minimum absolute atomic E-state index is 0.687. The molecule has 2 rings (SSSR count). The van der Waals surface area contributed by atoms with E-state index in [1.54, 1.807) is 0 Å². The SMILES string of the molecule is CC1CN(C)Cc2nncn2C1. The van der Waals surface area contributed by atoms with E-state index in [0.29, 0.717) is 5.92 Å². The maximum atomic E-state index is 4.07. The lowest BCUT2D eigenvalue weighted by Crippen LogP contribution is -2.22. The van der Waals surface area contributed by atoms with E-state index < -0.39 is 0 Å². The van der Waals surface area contributed by atoms with Crippen molar-refractivity contribution >= 4 is 0 Å². The zero-order chi connectivity index (χ0) is 8.55. The predicted molar refractivity (Wildman–Crippen MR) is 45.5 cm³/mol. The topological polar surface area (TPSA) is 34.0 Å². The fraction of sp³-hybridized carbons (Fsp3) is 0.750. The van der Waals surface area contributed by atoms with Crippen molar-refractivity contribution in [3.05, 3.63) is 12.2 Å². The Kier molecular flexibility index (Phi) is 1.84. The summed E-state index contributed by atoms with van der Waals surface area (Å²) < 4.78 is 2.15. The molecule has 66 valence electrons. The first-order chi connectivity index (χ1) is 5.75. The third kappa shape index (κ3) is 1.34. The molecular weight excluding hydrogens is 152 g/mol. The van der Waals surface area contributed by atoms with Gasteiger partial charge in [0.2, 0.25) is 0 Å². The van der Waals surface area contributed by atoms with E-state index in [9.17, 15) is 0 Å². The Balaban J connectivity index is 2.27. The van der Waals surface area contributed by atoms with Gasteiger partial charge in [-0.05, 0) is 13.0 Å². The van der Waals surface area contributed by atoms with Crippen LogP contribution >= 0.6 is 0 Å². The van der Waals surface area contributed by atoms with E-state index in [0.717, 1.165) is 25.5 Å². The van der Waals surface area contributed by atoms with Crippen molar-refractivity contribution in [1.29, 1.82) is 0 Å². The summed E-state index contributed by atoms with van der Waals surface area (Å²) in [4.78, 5) is 2.29. The van der Waals surface area contributed by atoms with Gasteiger partial charge in [-0.15, -0.1) is 10.2 Å². The first-order valence-electron chi connectivity index (χ1n) is 4.31. The van der Waals surface area contributed by atoms with E-state index in [4.69, 9.17) is 0 Å². The van der Waals surface area contributed by atoms with Crippen LogP contribution in [0.3, 0.4) is 0 Å². The molecule has 0 amide bonds. The zero-order valence-corrected chi connectivity index (χ0v) is 7.56. The molecule has 1 aromatic heterocycles. The van der Waals surface area contributed by atoms with Crippen LogP contribution in [0.15, 0.2) is 6.33 Å². The zero-order valence-electron chi connectivity index (χ0n) is 7.56. The molecule has 0 aromatic carbocycles. The summed E-state index contributed by atoms with van der Waals surface area (Å²) in [6, 6.07) is 0. The van der Waals surface area contributed by atoms with Crippen LogP contribution in [0, 0.1) is 5.92 Å². The van der Waals surface area contributed by atoms with E-state index in [-0.39, 0.29) is 0 Å². The molecule has 0 bridgehead atoms. The summed E-state index contributed by atoms with van der Waals surface area (Å²) in [5, 5.41) is 7.97. The van der Waals surface area contributed by atoms with Crippen LogP contribution in [0.1, 0.15) is 12.7 Å². The molecule has 1 aliphatic heterocycles. The van der Waals surface area contributed by atoms with Crippen molar-refractivity contribution in [3.63, 3.8) is 0 Å². The van der Waals surface area contributed by atoms with Crippen molar-refractivity contribution in [3.8, 4) is 0 Å². The predicted octanol–water partition coefficient (Wildman–Crippen LogP) is 0.360. The van der Waals surface area contributed by atoms with Gasteiger partial charge in [-0.2, -0.15) is 0 Å². The molecule has 4 nitrogen and oxygen atoms in total. The quantitative estimate of drug-likeness (QED) is 0.558. The van der Waals surface area contributed by atoms with Crippen molar-refractivity contribution in [2.24, 2.45) is 5.92 Å². The Hall–Kier alpha value is -0.900. The van der Waals surface area contributed by atoms with Gasteiger partial charge < -0.3 is 4.57 Å². The Morgan fingerprint density at radius 3 is 3.17 bits per heavy atom. The van der Waals surface area contributed by atoms with Gasteiger partial charge in [0.1, 0.15) is 12.2 Å². The summed E-state index contributed by atoms with van der Waals surface area (Å²) in [5.41, 5.74) is 0. The van der Waals surface area contributed by atoms with Crippen molar-refractivity contribution in [1.82, 2.24) is 19.7 Å². The van der Waals surface area contributed by atoms with Gasteiger partial charge in [-0.3, -0.25) is 4.90 Å². The van der Waals surface area contributed by atoms with Crippen LogP contribution in [0.5, 0.6) is 0 Å². The highest BCUT2D eigenvalue weighted by molar-refractivity contribution is 4.88. The van der Waals surface area contributed by atoms with Crippen LogP contribution in [0.4, 0.5) is 0 Å². The van der Waals surface area contributed by atoms with Crippen LogP contribution < -0.4 is 0 Å². The number of nitrogens with zero attached hydrogens (tertiary/aromatic N) is 4. The Morgan fingerprint density at radius 1 is 1.50 bits per heavy atom. The first-order valence-corrected chi connectivity index (χ1v) is 4.31. The smallest absolute Gasteiger partial charge is 0.147 e. The fourth-order valence-electron chi connectivity index (χ4n) is 1.79. The molecule has 0 spiro atoms. The lowest BCUT2D eigenvalue weighted by molar-refractivity contribution is 0.285. The third-order valence-electron chi connectivity index (χ3n) is 2.24. The molecule has 1 unspecified atom stereocenters. The first kappa shape index (κ1) is 7.73. The normalized spacial score (nSPS) is 25.0. The molecule has 0 fully saturated rings. The number of rotatable bonds is 0. The van der Waals surface area contributed by atoms with Crippen LogP contribution in [0.2, 0.25) is 0 Å². The molecule has 4 heteroatoms. The second-order valence-electron chi connectivity index (χ2n) is 3.70. The Bertz CT molecular complexity index is 243. The summed E-state index contributed by atoms with van der Waals surface area (Å²) in [6.07, 6.45) is 1.82. The molecule has 0 saturated carbocycles. The number of hydrogen-bond acceptors (Lipinski definition) is 3. The van der Waals surface area contributed by atoms with Gasteiger partial charge in [0.25, 0.3) is 0 Å². The summed E-state index contributed by atoms with van der Waals surface area (Å²) >= 11 is 0. The monoisotopic (exact) mass is 166 g/mol. The summed E-state index contributed by atoms with van der Waals surface area (Å²) in [5.74, 6) is 1.77. The van der Waals surface area contributed by atoms with E-state index >= 15 is 0 Å². The Labute approximate surface area is 72.2 Å². The molecule has 1 atom stereocenters. The highest BCUT2D eigenvalue weighted by atomic mass is 15.3. The molecular formula is C8H14N4. The third-order valence-corrected chi connectivity index (χ3v) is 2.24. The van der Waals surface area contributed by atoms with E-state index in [1.165, 1.54) is 0 Å². The Morgan fingerprint density at radius 2 is 2.33 bits per heavy atom. The lowest BCUT2D eigenvalue weighted by Gasteiger charge is -2.14. The fourth-order valence-corrected chi connectivity index (χ4v) is 1.79. The highest BCUT2D eigenvalue weighted by Crippen LogP contribution is 2.11. The minimum Gasteiger partial charge on any atom is -0.316 e. The second-order valence-corrected chi connectivity index (χ2v) is 3.70. The van der Waals surface area contributed by atoms with E-state index in [2.05, 4.69) is 33.6 Å². The number of hydrogen-bond donors (Lipinski definition) is 0. The lowest BCUT2D eigenvalue weighted by atomic mass is 10.2. The average molecular weight is 166 g/mol. The maximum Gasteiger partial charge on any atom is 0.147 e. The molecule has 2 heterocycles. The van der Waals surface area contributed by atoms with Gasteiger partial charge in [0.15, 0.2) is 0 Å². The van der Waals surface area contributed by atoms with Gasteiger partial charge in [-0.25, -0.2) is 0 Å². The minimum atomic E-state index is 0.687. The van der Waals surface area contributed by atoms with Crippen LogP contribution in [0.25, 0.3) is 0 Å². The molecule has 12 heavy (non-hydrogen) atoms. The molecule has 0 aliphatic carbocycles. The van der Waals surface area contributed by atoms with Gasteiger partial charge in [0.05, 0.1) is 6.54 Å². The number of fused-ring (bicyclic) bond motifs is 1. The molecule has 0 saturated heterocycles. The van der Waals surface area contributed by atoms with Crippen molar-refractivity contribution < 1.29 is 0 Å².